The predicted molar refractivity (Wildman–Crippen MR) is 70.5 cm³/mol. The van der Waals surface area contributed by atoms with Crippen molar-refractivity contribution in [2.75, 3.05) is 11.9 Å². The highest BCUT2D eigenvalue weighted by Crippen LogP contribution is 2.12. The van der Waals surface area contributed by atoms with Crippen molar-refractivity contribution >= 4 is 23.1 Å². The van der Waals surface area contributed by atoms with Crippen LogP contribution in [0.2, 0.25) is 0 Å². The first-order valence-corrected chi connectivity index (χ1v) is 6.08. The predicted octanol–water partition coefficient (Wildman–Crippen LogP) is 1.74. The van der Waals surface area contributed by atoms with E-state index in [0.29, 0.717) is 16.3 Å². The van der Waals surface area contributed by atoms with E-state index in [9.17, 15) is 4.79 Å². The summed E-state index contributed by atoms with van der Waals surface area (Å²) in [6.07, 6.45) is 1.56. The largest absolute Gasteiger partial charge is 0.384 e. The number of carbonyl (C=O) groups excluding carboxylic acids is 1. The Morgan fingerprint density at radius 3 is 3.11 bits per heavy atom. The molecule has 0 aliphatic heterocycles. The normalized spacial score (nSPS) is 9.39. The highest BCUT2D eigenvalue weighted by molar-refractivity contribution is 7.12. The molecule has 0 radical (unpaired) electrons. The summed E-state index contributed by atoms with van der Waals surface area (Å²) in [6.45, 7) is -0.195. The number of amides is 1. The van der Waals surface area contributed by atoms with Crippen LogP contribution in [0.5, 0.6) is 0 Å². The summed E-state index contributed by atoms with van der Waals surface area (Å²) >= 11 is 1.37. The molecule has 0 saturated heterocycles. The highest BCUT2D eigenvalue weighted by Gasteiger charge is 2.07. The summed E-state index contributed by atoms with van der Waals surface area (Å²) in [7, 11) is 0. The molecular formula is C13H10N2O2S. The summed E-state index contributed by atoms with van der Waals surface area (Å²) in [6, 6.07) is 6.93. The van der Waals surface area contributed by atoms with Crippen LogP contribution < -0.4 is 5.32 Å². The molecule has 0 aromatic carbocycles. The van der Waals surface area contributed by atoms with Crippen LogP contribution in [0.3, 0.4) is 0 Å². The van der Waals surface area contributed by atoms with E-state index in [1.54, 1.807) is 24.4 Å². The molecule has 2 aromatic heterocycles. The second kappa shape index (κ2) is 5.96. The third-order valence-electron chi connectivity index (χ3n) is 2.06. The molecule has 2 heterocycles. The fraction of sp³-hybridized carbons (Fsp3) is 0.0769. The molecule has 0 spiro atoms. The first kappa shape index (κ1) is 12.3. The van der Waals surface area contributed by atoms with Crippen molar-refractivity contribution in [3.63, 3.8) is 0 Å². The quantitative estimate of drug-likeness (QED) is 0.806. The van der Waals surface area contributed by atoms with Gasteiger partial charge in [0.05, 0.1) is 4.88 Å². The van der Waals surface area contributed by atoms with Gasteiger partial charge in [0.2, 0.25) is 0 Å². The molecule has 90 valence electrons. The second-order valence-electron chi connectivity index (χ2n) is 3.32. The number of hydrogen-bond donors (Lipinski definition) is 2. The Morgan fingerprint density at radius 1 is 1.50 bits per heavy atom. The molecular weight excluding hydrogens is 248 g/mol. The number of nitrogens with one attached hydrogen (secondary N) is 1. The van der Waals surface area contributed by atoms with E-state index in [4.69, 9.17) is 5.11 Å². The van der Waals surface area contributed by atoms with Gasteiger partial charge in [0.1, 0.15) is 12.4 Å². The molecule has 2 aromatic rings. The standard InChI is InChI=1S/C13H10N2O2S/c16-7-1-3-10-5-6-14-12(9-10)15-13(17)11-4-2-8-18-11/h2,4-6,8-9,16H,7H2,(H,14,15,17). The maximum atomic E-state index is 11.8. The van der Waals surface area contributed by atoms with Crippen LogP contribution in [-0.4, -0.2) is 22.6 Å². The van der Waals surface area contributed by atoms with E-state index in [2.05, 4.69) is 22.1 Å². The van der Waals surface area contributed by atoms with Gasteiger partial charge in [-0.1, -0.05) is 17.9 Å². The van der Waals surface area contributed by atoms with Gasteiger partial charge in [-0.3, -0.25) is 4.79 Å². The van der Waals surface area contributed by atoms with E-state index in [0.717, 1.165) is 0 Å². The van der Waals surface area contributed by atoms with Crippen molar-refractivity contribution in [1.29, 1.82) is 0 Å². The second-order valence-corrected chi connectivity index (χ2v) is 4.27. The maximum Gasteiger partial charge on any atom is 0.266 e. The molecule has 5 heteroatoms. The minimum absolute atomic E-state index is 0.190. The number of hydrogen-bond acceptors (Lipinski definition) is 4. The fourth-order valence-corrected chi connectivity index (χ4v) is 1.92. The zero-order valence-corrected chi connectivity index (χ0v) is 10.2. The van der Waals surface area contributed by atoms with Gasteiger partial charge in [0.25, 0.3) is 5.91 Å². The van der Waals surface area contributed by atoms with Gasteiger partial charge < -0.3 is 10.4 Å². The summed E-state index contributed by atoms with van der Waals surface area (Å²) in [4.78, 5) is 16.5. The van der Waals surface area contributed by atoms with Gasteiger partial charge in [-0.2, -0.15) is 0 Å². The van der Waals surface area contributed by atoms with E-state index in [1.807, 2.05) is 11.4 Å². The van der Waals surface area contributed by atoms with Crippen LogP contribution in [0.4, 0.5) is 5.82 Å². The Labute approximate surface area is 108 Å². The fourth-order valence-electron chi connectivity index (χ4n) is 1.30. The van der Waals surface area contributed by atoms with Crippen LogP contribution in [0.1, 0.15) is 15.2 Å². The summed E-state index contributed by atoms with van der Waals surface area (Å²) in [5.74, 6) is 5.55. The molecule has 18 heavy (non-hydrogen) atoms. The zero-order valence-electron chi connectivity index (χ0n) is 9.38. The van der Waals surface area contributed by atoms with Gasteiger partial charge in [0.15, 0.2) is 0 Å². The lowest BCUT2D eigenvalue weighted by molar-refractivity contribution is 0.103. The number of anilines is 1. The van der Waals surface area contributed by atoms with Gasteiger partial charge in [0, 0.05) is 11.8 Å². The number of aromatic nitrogens is 1. The molecule has 0 atom stereocenters. The number of thiophene rings is 1. The lowest BCUT2D eigenvalue weighted by Crippen LogP contribution is -2.11. The molecule has 0 saturated carbocycles. The first-order chi connectivity index (χ1) is 8.79. The Balaban J connectivity index is 2.12. The van der Waals surface area contributed by atoms with E-state index < -0.39 is 0 Å². The molecule has 0 fully saturated rings. The number of carbonyl (C=O) groups is 1. The van der Waals surface area contributed by atoms with Gasteiger partial charge in [-0.25, -0.2) is 4.98 Å². The topological polar surface area (TPSA) is 62.2 Å². The zero-order chi connectivity index (χ0) is 12.8. The number of aliphatic hydroxyl groups excluding tert-OH is 1. The Morgan fingerprint density at radius 2 is 2.39 bits per heavy atom. The van der Waals surface area contributed by atoms with Crippen LogP contribution in [0.15, 0.2) is 35.8 Å². The minimum Gasteiger partial charge on any atom is -0.384 e. The van der Waals surface area contributed by atoms with Gasteiger partial charge in [-0.15, -0.1) is 11.3 Å². The average Bonchev–Trinajstić information content (AvgIpc) is 2.91. The van der Waals surface area contributed by atoms with Crippen LogP contribution >= 0.6 is 11.3 Å². The van der Waals surface area contributed by atoms with Crippen molar-refractivity contribution in [3.8, 4) is 11.8 Å². The number of aliphatic hydroxyl groups is 1. The Hall–Kier alpha value is -2.16. The Kier molecular flexibility index (Phi) is 4.07. The third kappa shape index (κ3) is 3.17. The molecule has 4 nitrogen and oxygen atoms in total. The monoisotopic (exact) mass is 258 g/mol. The van der Waals surface area contributed by atoms with Gasteiger partial charge >= 0.3 is 0 Å². The molecule has 1 amide bonds. The summed E-state index contributed by atoms with van der Waals surface area (Å²) in [5, 5.41) is 13.1. The van der Waals surface area contributed by atoms with Crippen LogP contribution in [0, 0.1) is 11.8 Å². The molecule has 0 bridgehead atoms. The molecule has 2 rings (SSSR count). The Bertz CT molecular complexity index is 597. The molecule has 0 aliphatic carbocycles. The van der Waals surface area contributed by atoms with Crippen molar-refractivity contribution in [2.24, 2.45) is 0 Å². The minimum atomic E-state index is -0.195. The van der Waals surface area contributed by atoms with E-state index in [-0.39, 0.29) is 12.5 Å². The molecule has 0 aliphatic rings. The van der Waals surface area contributed by atoms with Crippen molar-refractivity contribution in [1.82, 2.24) is 4.98 Å². The lowest BCUT2D eigenvalue weighted by Gasteiger charge is -2.02. The number of pyridine rings is 1. The van der Waals surface area contributed by atoms with E-state index >= 15 is 0 Å². The summed E-state index contributed by atoms with van der Waals surface area (Å²) < 4.78 is 0. The smallest absolute Gasteiger partial charge is 0.266 e. The first-order valence-electron chi connectivity index (χ1n) is 5.20. The SMILES string of the molecule is O=C(Nc1cc(C#CCO)ccn1)c1cccs1. The van der Waals surface area contributed by atoms with Crippen molar-refractivity contribution in [3.05, 3.63) is 46.3 Å². The van der Waals surface area contributed by atoms with Crippen LogP contribution in [-0.2, 0) is 0 Å². The molecule has 0 unspecified atom stereocenters. The lowest BCUT2D eigenvalue weighted by atomic mass is 10.2. The number of rotatable bonds is 2. The average molecular weight is 258 g/mol. The van der Waals surface area contributed by atoms with Gasteiger partial charge in [-0.05, 0) is 23.6 Å². The maximum absolute atomic E-state index is 11.8. The summed E-state index contributed by atoms with van der Waals surface area (Å²) in [5.41, 5.74) is 0.695. The van der Waals surface area contributed by atoms with Crippen molar-refractivity contribution in [2.45, 2.75) is 0 Å². The van der Waals surface area contributed by atoms with E-state index in [1.165, 1.54) is 11.3 Å². The molecule has 2 N–H and O–H groups in total. The highest BCUT2D eigenvalue weighted by atomic mass is 32.1. The number of nitrogens with zero attached hydrogens (tertiary/aromatic N) is 1. The van der Waals surface area contributed by atoms with Crippen molar-refractivity contribution < 1.29 is 9.90 Å². The third-order valence-corrected chi connectivity index (χ3v) is 2.93. The van der Waals surface area contributed by atoms with Crippen LogP contribution in [0.25, 0.3) is 0 Å².